The monoisotopic (exact) mass is 280 g/mol. The predicted octanol–water partition coefficient (Wildman–Crippen LogP) is 4.35. The van der Waals surface area contributed by atoms with Gasteiger partial charge in [-0.05, 0) is 48.4 Å². The summed E-state index contributed by atoms with van der Waals surface area (Å²) in [6.07, 6.45) is -0.0610. The molecule has 0 bridgehead atoms. The van der Waals surface area contributed by atoms with Crippen LogP contribution in [0.4, 0.5) is 8.78 Å². The highest BCUT2D eigenvalue weighted by atomic mass is 35.5. The fraction of sp³-hybridized carbons (Fsp3) is 0.133. The van der Waals surface area contributed by atoms with Gasteiger partial charge in [-0.3, -0.25) is 4.79 Å². The van der Waals surface area contributed by atoms with Crippen LogP contribution in [0.3, 0.4) is 0 Å². The van der Waals surface area contributed by atoms with E-state index in [0.29, 0.717) is 16.1 Å². The molecule has 19 heavy (non-hydrogen) atoms. The Hall–Kier alpha value is -1.74. The lowest BCUT2D eigenvalue weighted by molar-refractivity contribution is 0.0993. The average molecular weight is 281 g/mol. The van der Waals surface area contributed by atoms with Crippen molar-refractivity contribution in [2.75, 3.05) is 0 Å². The van der Waals surface area contributed by atoms with E-state index in [1.54, 1.807) is 18.2 Å². The number of carbonyl (C=O) groups is 1. The van der Waals surface area contributed by atoms with Crippen molar-refractivity contribution in [3.05, 3.63) is 69.7 Å². The molecule has 0 unspecified atom stereocenters. The number of rotatable bonds is 3. The maximum absolute atomic E-state index is 13.0. The number of Topliss-reactive ketones (excluding diaryl/α,β-unsaturated/α-hetero) is 1. The van der Waals surface area contributed by atoms with Crippen molar-refractivity contribution in [1.29, 1.82) is 0 Å². The topological polar surface area (TPSA) is 17.1 Å². The fourth-order valence-electron chi connectivity index (χ4n) is 1.90. The Balaban J connectivity index is 2.25. The van der Waals surface area contributed by atoms with Crippen LogP contribution in [0.25, 0.3) is 0 Å². The van der Waals surface area contributed by atoms with Crippen molar-refractivity contribution >= 4 is 17.4 Å². The van der Waals surface area contributed by atoms with Crippen LogP contribution in [-0.4, -0.2) is 5.78 Å². The van der Waals surface area contributed by atoms with Gasteiger partial charge in [-0.1, -0.05) is 11.6 Å². The number of hydrogen-bond donors (Lipinski definition) is 0. The third-order valence-electron chi connectivity index (χ3n) is 2.65. The largest absolute Gasteiger partial charge is 0.294 e. The van der Waals surface area contributed by atoms with E-state index in [4.69, 9.17) is 11.6 Å². The Kier molecular flexibility index (Phi) is 3.96. The molecular weight excluding hydrogens is 270 g/mol. The first kappa shape index (κ1) is 13.7. The molecule has 98 valence electrons. The van der Waals surface area contributed by atoms with Gasteiger partial charge in [0.25, 0.3) is 0 Å². The van der Waals surface area contributed by atoms with Gasteiger partial charge in [0.05, 0.1) is 0 Å². The molecular formula is C15H11ClF2O. The molecule has 2 aromatic rings. The summed E-state index contributed by atoms with van der Waals surface area (Å²) in [6.45, 7) is 1.82. The van der Waals surface area contributed by atoms with Crippen LogP contribution in [0.1, 0.15) is 21.5 Å². The van der Waals surface area contributed by atoms with E-state index in [0.717, 1.165) is 23.8 Å². The Morgan fingerprint density at radius 1 is 1.05 bits per heavy atom. The van der Waals surface area contributed by atoms with Crippen LogP contribution in [0.2, 0.25) is 5.02 Å². The van der Waals surface area contributed by atoms with Gasteiger partial charge in [-0.15, -0.1) is 0 Å². The maximum Gasteiger partial charge on any atom is 0.167 e. The van der Waals surface area contributed by atoms with Crippen LogP contribution in [0.5, 0.6) is 0 Å². The molecule has 0 amide bonds. The number of benzene rings is 2. The van der Waals surface area contributed by atoms with E-state index in [2.05, 4.69) is 0 Å². The number of hydrogen-bond acceptors (Lipinski definition) is 1. The molecule has 0 spiro atoms. The first-order valence-electron chi connectivity index (χ1n) is 5.69. The molecule has 0 aliphatic rings. The van der Waals surface area contributed by atoms with Gasteiger partial charge in [0.2, 0.25) is 0 Å². The molecule has 0 radical (unpaired) electrons. The highest BCUT2D eigenvalue weighted by Gasteiger charge is 2.10. The molecule has 0 atom stereocenters. The third-order valence-corrected chi connectivity index (χ3v) is 2.87. The number of carbonyl (C=O) groups excluding carboxylic acids is 1. The first-order chi connectivity index (χ1) is 8.94. The Labute approximate surface area is 114 Å². The lowest BCUT2D eigenvalue weighted by Gasteiger charge is -2.04. The minimum absolute atomic E-state index is 0.0610. The zero-order valence-corrected chi connectivity index (χ0v) is 11.0. The van der Waals surface area contributed by atoms with Crippen molar-refractivity contribution in [3.8, 4) is 0 Å². The van der Waals surface area contributed by atoms with Gasteiger partial charge < -0.3 is 0 Å². The molecule has 0 N–H and O–H groups in total. The molecule has 0 aliphatic heterocycles. The van der Waals surface area contributed by atoms with E-state index >= 15 is 0 Å². The van der Waals surface area contributed by atoms with Crippen LogP contribution >= 0.6 is 11.6 Å². The molecule has 1 nitrogen and oxygen atoms in total. The van der Waals surface area contributed by atoms with Crippen molar-refractivity contribution < 1.29 is 13.6 Å². The molecule has 0 saturated heterocycles. The van der Waals surface area contributed by atoms with Crippen LogP contribution < -0.4 is 0 Å². The molecule has 2 aromatic carbocycles. The minimum Gasteiger partial charge on any atom is -0.294 e. The average Bonchev–Trinajstić information content (AvgIpc) is 2.25. The van der Waals surface area contributed by atoms with Crippen molar-refractivity contribution in [3.63, 3.8) is 0 Å². The molecule has 0 heterocycles. The molecule has 0 saturated carbocycles. The van der Waals surface area contributed by atoms with Gasteiger partial charge in [-0.25, -0.2) is 8.78 Å². The zero-order valence-electron chi connectivity index (χ0n) is 10.2. The van der Waals surface area contributed by atoms with Crippen molar-refractivity contribution in [2.45, 2.75) is 13.3 Å². The Bertz CT molecular complexity index is 598. The SMILES string of the molecule is Cc1cc(Cl)cc(C(=O)Cc2cc(F)cc(F)c2)c1. The lowest BCUT2D eigenvalue weighted by atomic mass is 10.0. The predicted molar refractivity (Wildman–Crippen MR) is 70.6 cm³/mol. The molecule has 4 heteroatoms. The normalized spacial score (nSPS) is 10.5. The highest BCUT2D eigenvalue weighted by molar-refractivity contribution is 6.31. The van der Waals surface area contributed by atoms with Crippen molar-refractivity contribution in [1.82, 2.24) is 0 Å². The summed E-state index contributed by atoms with van der Waals surface area (Å²) in [5.41, 5.74) is 1.61. The summed E-state index contributed by atoms with van der Waals surface area (Å²) in [6, 6.07) is 8.06. The van der Waals surface area contributed by atoms with E-state index in [9.17, 15) is 13.6 Å². The molecule has 0 aromatic heterocycles. The van der Waals surface area contributed by atoms with Crippen LogP contribution in [0, 0.1) is 18.6 Å². The third kappa shape index (κ3) is 3.61. The second-order valence-corrected chi connectivity index (χ2v) is 4.83. The summed E-state index contributed by atoms with van der Waals surface area (Å²) in [5.74, 6) is -1.61. The van der Waals surface area contributed by atoms with Gasteiger partial charge in [0.1, 0.15) is 11.6 Å². The van der Waals surface area contributed by atoms with Gasteiger partial charge in [0, 0.05) is 23.1 Å². The molecule has 2 rings (SSSR count). The molecule has 0 aliphatic carbocycles. The van der Waals surface area contributed by atoms with E-state index in [-0.39, 0.29) is 12.2 Å². The Morgan fingerprint density at radius 3 is 2.26 bits per heavy atom. The van der Waals surface area contributed by atoms with Gasteiger partial charge >= 0.3 is 0 Å². The summed E-state index contributed by atoms with van der Waals surface area (Å²) in [7, 11) is 0. The summed E-state index contributed by atoms with van der Waals surface area (Å²) < 4.78 is 26.1. The number of aryl methyl sites for hydroxylation is 1. The van der Waals surface area contributed by atoms with Crippen LogP contribution in [-0.2, 0) is 6.42 Å². The molecule has 0 fully saturated rings. The second-order valence-electron chi connectivity index (χ2n) is 4.39. The van der Waals surface area contributed by atoms with Gasteiger partial charge in [-0.2, -0.15) is 0 Å². The summed E-state index contributed by atoms with van der Waals surface area (Å²) in [5, 5.41) is 0.466. The smallest absolute Gasteiger partial charge is 0.167 e. The minimum atomic E-state index is -0.690. The Morgan fingerprint density at radius 2 is 1.68 bits per heavy atom. The maximum atomic E-state index is 13.0. The standard InChI is InChI=1S/C15H11ClF2O/c1-9-2-11(7-12(16)3-9)15(19)6-10-4-13(17)8-14(18)5-10/h2-5,7-8H,6H2,1H3. The first-order valence-corrected chi connectivity index (χ1v) is 6.07. The number of halogens is 3. The van der Waals surface area contributed by atoms with Crippen LogP contribution in [0.15, 0.2) is 36.4 Å². The van der Waals surface area contributed by atoms with E-state index < -0.39 is 11.6 Å². The summed E-state index contributed by atoms with van der Waals surface area (Å²) in [4.78, 5) is 12.0. The van der Waals surface area contributed by atoms with E-state index in [1.807, 2.05) is 6.92 Å². The summed E-state index contributed by atoms with van der Waals surface area (Å²) >= 11 is 5.88. The van der Waals surface area contributed by atoms with Crippen molar-refractivity contribution in [2.24, 2.45) is 0 Å². The quantitative estimate of drug-likeness (QED) is 0.764. The lowest BCUT2D eigenvalue weighted by Crippen LogP contribution is -2.04. The zero-order chi connectivity index (χ0) is 14.0. The second kappa shape index (κ2) is 5.49. The fourth-order valence-corrected chi connectivity index (χ4v) is 2.19. The van der Waals surface area contributed by atoms with Gasteiger partial charge in [0.15, 0.2) is 5.78 Å². The highest BCUT2D eigenvalue weighted by Crippen LogP contribution is 2.17. The number of ketones is 1. The van der Waals surface area contributed by atoms with E-state index in [1.165, 1.54) is 0 Å².